The number of alkyl halides is 5. The predicted octanol–water partition coefficient (Wildman–Crippen LogP) is 5.42. The molecule has 0 spiro atoms. The first-order chi connectivity index (χ1) is 13.5. The Bertz CT molecular complexity index is 1010. The minimum atomic E-state index is -5.59. The van der Waals surface area contributed by atoms with E-state index in [9.17, 15) is 30.4 Å². The molecule has 0 aliphatic carbocycles. The van der Waals surface area contributed by atoms with Gasteiger partial charge >= 0.3 is 12.1 Å². The van der Waals surface area contributed by atoms with Crippen LogP contribution in [-0.4, -0.2) is 33.3 Å². The second kappa shape index (κ2) is 8.95. The van der Waals surface area contributed by atoms with Gasteiger partial charge < -0.3 is 10.1 Å². The molecule has 0 amide bonds. The van der Waals surface area contributed by atoms with Gasteiger partial charge in [0.25, 0.3) is 9.84 Å². The van der Waals surface area contributed by atoms with Gasteiger partial charge in [-0.2, -0.15) is 22.0 Å². The van der Waals surface area contributed by atoms with E-state index in [1.54, 1.807) is 6.92 Å². The lowest BCUT2D eigenvalue weighted by atomic mass is 10.2. The highest BCUT2D eigenvalue weighted by molar-refractivity contribution is 7.92. The molecule has 158 valence electrons. The van der Waals surface area contributed by atoms with Crippen LogP contribution >= 0.6 is 11.6 Å². The average molecular weight is 457 g/mol. The Kier molecular flexibility index (Phi) is 7.06. The molecule has 0 unspecified atom stereocenters. The normalized spacial score (nSPS) is 12.6. The highest BCUT2D eigenvalue weighted by atomic mass is 35.5. The maximum Gasteiger partial charge on any atom is 0.501 e. The standard InChI is InChI=1S/C17H14ClF5N2O3S/c1-2-24-13-5-4-12(29(26,27)17(21,22)23)8-14(13)25-9-10-7-11(18)3-6-15(10)28-16(19)20/h3-9,16,24H,2H2,1H3. The van der Waals surface area contributed by atoms with Crippen molar-refractivity contribution in [2.45, 2.75) is 23.9 Å². The minimum Gasteiger partial charge on any atom is -0.434 e. The molecular formula is C17H14ClF5N2O3S. The molecule has 0 atom stereocenters. The summed E-state index contributed by atoms with van der Waals surface area (Å²) in [4.78, 5) is 2.95. The number of hydrogen-bond donors (Lipinski definition) is 1. The van der Waals surface area contributed by atoms with Crippen molar-refractivity contribution >= 4 is 39.0 Å². The van der Waals surface area contributed by atoms with Crippen LogP contribution in [0, 0.1) is 0 Å². The number of sulfone groups is 1. The summed E-state index contributed by atoms with van der Waals surface area (Å²) >= 11 is 5.83. The summed E-state index contributed by atoms with van der Waals surface area (Å²) in [5, 5.41) is 3.00. The summed E-state index contributed by atoms with van der Waals surface area (Å²) in [5.74, 6) is -0.266. The van der Waals surface area contributed by atoms with Crippen molar-refractivity contribution < 1.29 is 35.1 Å². The maximum absolute atomic E-state index is 12.8. The Morgan fingerprint density at radius 2 is 1.90 bits per heavy atom. The molecule has 0 bridgehead atoms. The van der Waals surface area contributed by atoms with E-state index < -0.39 is 26.9 Å². The van der Waals surface area contributed by atoms with E-state index in [2.05, 4.69) is 15.0 Å². The lowest BCUT2D eigenvalue weighted by Gasteiger charge is -2.12. The van der Waals surface area contributed by atoms with E-state index in [1.165, 1.54) is 18.2 Å². The molecule has 12 heteroatoms. The summed E-state index contributed by atoms with van der Waals surface area (Å²) in [5.41, 5.74) is -5.38. The molecular weight excluding hydrogens is 443 g/mol. The van der Waals surface area contributed by atoms with Crippen LogP contribution in [0.2, 0.25) is 5.02 Å². The Balaban J connectivity index is 2.54. The minimum absolute atomic E-state index is 0.0179. The zero-order valence-corrected chi connectivity index (χ0v) is 16.2. The zero-order valence-electron chi connectivity index (χ0n) is 14.7. The van der Waals surface area contributed by atoms with Gasteiger partial charge in [0.1, 0.15) is 5.75 Å². The molecule has 2 aromatic carbocycles. The summed E-state index contributed by atoms with van der Waals surface area (Å²) in [6.45, 7) is -1.05. The Labute approximate surface area is 168 Å². The molecule has 0 aromatic heterocycles. The van der Waals surface area contributed by atoms with Crippen LogP contribution < -0.4 is 10.1 Å². The molecule has 1 N–H and O–H groups in total. The van der Waals surface area contributed by atoms with Crippen molar-refractivity contribution in [3.8, 4) is 5.75 Å². The van der Waals surface area contributed by atoms with Crippen molar-refractivity contribution in [3.05, 3.63) is 47.0 Å². The van der Waals surface area contributed by atoms with Crippen LogP contribution in [-0.2, 0) is 9.84 Å². The number of anilines is 1. The second-order valence-electron chi connectivity index (χ2n) is 5.48. The lowest BCUT2D eigenvalue weighted by Crippen LogP contribution is -2.23. The van der Waals surface area contributed by atoms with Crippen LogP contribution in [0.15, 0.2) is 46.3 Å². The van der Waals surface area contributed by atoms with Gasteiger partial charge in [-0.3, -0.25) is 4.99 Å². The number of ether oxygens (including phenoxy) is 1. The van der Waals surface area contributed by atoms with E-state index in [-0.39, 0.29) is 27.7 Å². The predicted molar refractivity (Wildman–Crippen MR) is 99.2 cm³/mol. The first-order valence-corrected chi connectivity index (χ1v) is 9.79. The van der Waals surface area contributed by atoms with Crippen molar-refractivity contribution in [1.29, 1.82) is 0 Å². The average Bonchev–Trinajstić information content (AvgIpc) is 2.61. The quantitative estimate of drug-likeness (QED) is 0.446. The summed E-state index contributed by atoms with van der Waals surface area (Å²) in [6, 6.07) is 6.39. The molecule has 0 saturated heterocycles. The maximum atomic E-state index is 12.8. The molecule has 0 heterocycles. The van der Waals surface area contributed by atoms with Gasteiger partial charge in [-0.15, -0.1) is 0 Å². The van der Waals surface area contributed by atoms with Crippen molar-refractivity contribution in [2.75, 3.05) is 11.9 Å². The summed E-state index contributed by atoms with van der Waals surface area (Å²) in [6.07, 6.45) is 1.03. The first-order valence-electron chi connectivity index (χ1n) is 7.93. The van der Waals surface area contributed by atoms with Gasteiger partial charge in [-0.25, -0.2) is 8.42 Å². The van der Waals surface area contributed by atoms with E-state index >= 15 is 0 Å². The van der Waals surface area contributed by atoms with Crippen molar-refractivity contribution in [2.24, 2.45) is 4.99 Å². The third-order valence-electron chi connectivity index (χ3n) is 3.48. The summed E-state index contributed by atoms with van der Waals surface area (Å²) in [7, 11) is -5.59. The topological polar surface area (TPSA) is 67.8 Å². The van der Waals surface area contributed by atoms with E-state index in [0.717, 1.165) is 24.4 Å². The first kappa shape index (κ1) is 22.9. The van der Waals surface area contributed by atoms with Gasteiger partial charge in [0.2, 0.25) is 0 Å². The highest BCUT2D eigenvalue weighted by Gasteiger charge is 2.47. The van der Waals surface area contributed by atoms with Gasteiger partial charge in [0, 0.05) is 23.3 Å². The number of benzene rings is 2. The number of nitrogens with one attached hydrogen (secondary N) is 1. The van der Waals surface area contributed by atoms with Crippen LogP contribution in [0.25, 0.3) is 0 Å². The van der Waals surface area contributed by atoms with Crippen LogP contribution in [0.1, 0.15) is 12.5 Å². The number of halogens is 6. The largest absolute Gasteiger partial charge is 0.501 e. The lowest BCUT2D eigenvalue weighted by molar-refractivity contribution is -0.0499. The third kappa shape index (κ3) is 5.57. The molecule has 0 aliphatic rings. The van der Waals surface area contributed by atoms with Gasteiger partial charge in [0.05, 0.1) is 16.3 Å². The third-order valence-corrected chi connectivity index (χ3v) is 5.20. The Morgan fingerprint density at radius 3 is 2.48 bits per heavy atom. The van der Waals surface area contributed by atoms with Crippen molar-refractivity contribution in [3.63, 3.8) is 0 Å². The van der Waals surface area contributed by atoms with Gasteiger partial charge in [0.15, 0.2) is 0 Å². The highest BCUT2D eigenvalue weighted by Crippen LogP contribution is 2.35. The van der Waals surface area contributed by atoms with E-state index in [4.69, 9.17) is 11.6 Å². The molecule has 0 saturated carbocycles. The molecule has 29 heavy (non-hydrogen) atoms. The number of aliphatic imine (C=N–C) groups is 1. The van der Waals surface area contributed by atoms with Crippen LogP contribution in [0.4, 0.5) is 33.3 Å². The Morgan fingerprint density at radius 1 is 1.21 bits per heavy atom. The molecule has 0 fully saturated rings. The van der Waals surface area contributed by atoms with Crippen LogP contribution in [0.5, 0.6) is 5.75 Å². The fraction of sp³-hybridized carbons (Fsp3) is 0.235. The van der Waals surface area contributed by atoms with Gasteiger partial charge in [-0.05, 0) is 43.3 Å². The zero-order chi connectivity index (χ0) is 21.8. The summed E-state index contributed by atoms with van der Waals surface area (Å²) < 4.78 is 91.2. The molecule has 5 nitrogen and oxygen atoms in total. The van der Waals surface area contributed by atoms with E-state index in [1.807, 2.05) is 0 Å². The molecule has 0 aliphatic heterocycles. The monoisotopic (exact) mass is 456 g/mol. The second-order valence-corrected chi connectivity index (χ2v) is 7.85. The van der Waals surface area contributed by atoms with E-state index in [0.29, 0.717) is 6.54 Å². The Hall–Kier alpha value is -2.40. The fourth-order valence-electron chi connectivity index (χ4n) is 2.22. The smallest absolute Gasteiger partial charge is 0.434 e. The number of hydrogen-bond acceptors (Lipinski definition) is 5. The molecule has 2 rings (SSSR count). The number of rotatable bonds is 7. The number of nitrogens with zero attached hydrogens (tertiary/aromatic N) is 1. The molecule has 2 aromatic rings. The van der Waals surface area contributed by atoms with Crippen molar-refractivity contribution in [1.82, 2.24) is 0 Å². The molecule has 0 radical (unpaired) electrons. The van der Waals surface area contributed by atoms with Gasteiger partial charge in [-0.1, -0.05) is 11.6 Å². The SMILES string of the molecule is CCNc1ccc(S(=O)(=O)C(F)(F)F)cc1N=Cc1cc(Cl)ccc1OC(F)F. The fourth-order valence-corrected chi connectivity index (χ4v) is 3.18. The van der Waals surface area contributed by atoms with Crippen LogP contribution in [0.3, 0.4) is 0 Å².